The maximum Gasteiger partial charge on any atom is 0.328 e. The Labute approximate surface area is 285 Å². The molecule has 1 aromatic carbocycles. The molecule has 2 fully saturated rings. The molecule has 262 valence electrons. The molecule has 2 aliphatic heterocycles. The van der Waals surface area contributed by atoms with E-state index in [2.05, 4.69) is 30.7 Å². The van der Waals surface area contributed by atoms with E-state index in [4.69, 9.17) is 14.2 Å². The number of methoxy groups -OCH3 is 2. The summed E-state index contributed by atoms with van der Waals surface area (Å²) >= 11 is 0. The number of pyridine rings is 1. The number of anilines is 2. The highest BCUT2D eigenvalue weighted by Crippen LogP contribution is 2.32. The second-order valence-corrected chi connectivity index (χ2v) is 13.3. The summed E-state index contributed by atoms with van der Waals surface area (Å²) in [6, 6.07) is 11.2. The number of nitrogens with one attached hydrogen (secondary N) is 3. The molecule has 4 heterocycles. The number of carbonyl (C=O) groups excluding carboxylic acids is 4. The van der Waals surface area contributed by atoms with Gasteiger partial charge in [0.1, 0.15) is 30.1 Å². The monoisotopic (exact) mass is 675 g/mol. The van der Waals surface area contributed by atoms with Gasteiger partial charge in [0.05, 0.1) is 37.4 Å². The number of carbonyl (C=O) groups is 4. The highest BCUT2D eigenvalue weighted by molar-refractivity contribution is 6.04. The lowest BCUT2D eigenvalue weighted by atomic mass is 9.85. The van der Waals surface area contributed by atoms with Crippen molar-refractivity contribution in [1.82, 2.24) is 25.4 Å². The summed E-state index contributed by atoms with van der Waals surface area (Å²) in [6.45, 7) is 7.29. The van der Waals surface area contributed by atoms with Crippen molar-refractivity contribution in [2.24, 2.45) is 5.41 Å². The van der Waals surface area contributed by atoms with Gasteiger partial charge in [-0.2, -0.15) is 5.10 Å². The molecule has 5 rings (SSSR count). The van der Waals surface area contributed by atoms with Gasteiger partial charge in [0.2, 0.25) is 11.8 Å². The molecule has 0 bridgehead atoms. The van der Waals surface area contributed by atoms with Gasteiger partial charge in [0, 0.05) is 37.6 Å². The summed E-state index contributed by atoms with van der Waals surface area (Å²) in [6.07, 6.45) is 4.13. The fourth-order valence-corrected chi connectivity index (χ4v) is 6.18. The summed E-state index contributed by atoms with van der Waals surface area (Å²) in [7, 11) is 2.87. The van der Waals surface area contributed by atoms with Crippen LogP contribution in [0.25, 0.3) is 11.4 Å². The Morgan fingerprint density at radius 3 is 2.47 bits per heavy atom. The lowest BCUT2D eigenvalue weighted by Gasteiger charge is -2.35. The average molecular weight is 676 g/mol. The van der Waals surface area contributed by atoms with E-state index in [0.717, 1.165) is 5.69 Å². The number of benzene rings is 1. The van der Waals surface area contributed by atoms with Crippen LogP contribution in [0.4, 0.5) is 11.4 Å². The number of likely N-dealkylation sites (tertiary alicyclic amines) is 1. The van der Waals surface area contributed by atoms with Crippen molar-refractivity contribution in [2.75, 3.05) is 50.7 Å². The van der Waals surface area contributed by atoms with E-state index < -0.39 is 23.5 Å². The second kappa shape index (κ2) is 15.5. The molecule has 2 aromatic heterocycles. The van der Waals surface area contributed by atoms with Crippen LogP contribution in [0.3, 0.4) is 0 Å². The van der Waals surface area contributed by atoms with Crippen LogP contribution < -0.4 is 20.3 Å². The summed E-state index contributed by atoms with van der Waals surface area (Å²) in [5.74, 6) is -0.967. The molecule has 2 aliphatic rings. The Morgan fingerprint density at radius 2 is 1.80 bits per heavy atom. The third-order valence-electron chi connectivity index (χ3n) is 8.88. The molecule has 0 saturated carbocycles. The Kier molecular flexibility index (Phi) is 11.2. The molecule has 2 saturated heterocycles. The zero-order valence-electron chi connectivity index (χ0n) is 28.7. The Balaban J connectivity index is 1.12. The van der Waals surface area contributed by atoms with Crippen LogP contribution in [-0.2, 0) is 23.9 Å². The van der Waals surface area contributed by atoms with E-state index in [-0.39, 0.29) is 36.1 Å². The second-order valence-electron chi connectivity index (χ2n) is 13.3. The fourth-order valence-electron chi connectivity index (χ4n) is 6.18. The van der Waals surface area contributed by atoms with E-state index >= 15 is 0 Å². The molecular formula is C35H45N7O7. The number of nitrogens with zero attached hydrogens (tertiary/aromatic N) is 4. The van der Waals surface area contributed by atoms with Crippen LogP contribution in [0.1, 0.15) is 56.9 Å². The standard InChI is InChI=1S/C35H45N7O7/c1-35(2,3)31(33(45)42-17-7-10-28(42)34(46)48-5)39-30(43)21-49-23-14-18-41(19-15-23)22-11-12-26(29(20-22)47-4)38-32(44)27-9-6-8-24(37-27)25-13-16-36-40-25/h6,8-9,11-13,16,20,23,28,31H,7,10,14-15,17-19,21H2,1-5H3,(H,36,40)(H,38,44)(H,39,43)/t28-,31+/m0/s1. The minimum absolute atomic E-state index is 0.126. The minimum Gasteiger partial charge on any atom is -0.494 e. The van der Waals surface area contributed by atoms with Crippen LogP contribution in [0.5, 0.6) is 5.75 Å². The number of H-pyrrole nitrogens is 1. The largest absolute Gasteiger partial charge is 0.494 e. The molecule has 3 aromatic rings. The van der Waals surface area contributed by atoms with Crippen LogP contribution >= 0.6 is 0 Å². The van der Waals surface area contributed by atoms with Gasteiger partial charge >= 0.3 is 5.97 Å². The quantitative estimate of drug-likeness (QED) is 0.256. The van der Waals surface area contributed by atoms with Crippen LogP contribution in [0.15, 0.2) is 48.7 Å². The van der Waals surface area contributed by atoms with Crippen LogP contribution in [0.2, 0.25) is 0 Å². The smallest absolute Gasteiger partial charge is 0.328 e. The third kappa shape index (κ3) is 8.55. The van der Waals surface area contributed by atoms with Crippen molar-refractivity contribution >= 4 is 35.1 Å². The maximum absolute atomic E-state index is 13.5. The zero-order chi connectivity index (χ0) is 35.1. The predicted molar refractivity (Wildman–Crippen MR) is 182 cm³/mol. The van der Waals surface area contributed by atoms with Gasteiger partial charge in [-0.05, 0) is 61.4 Å². The first-order chi connectivity index (χ1) is 23.5. The highest BCUT2D eigenvalue weighted by atomic mass is 16.5. The Hall–Kier alpha value is -4.98. The van der Waals surface area contributed by atoms with E-state index in [1.54, 1.807) is 43.6 Å². The topological polar surface area (TPSA) is 168 Å². The Bertz CT molecular complexity index is 1630. The summed E-state index contributed by atoms with van der Waals surface area (Å²) < 4.78 is 16.5. The fraction of sp³-hybridized carbons (Fsp3) is 0.486. The van der Waals surface area contributed by atoms with E-state index in [9.17, 15) is 19.2 Å². The number of hydrogen-bond donors (Lipinski definition) is 3. The van der Waals surface area contributed by atoms with Crippen molar-refractivity contribution < 1.29 is 33.4 Å². The first kappa shape index (κ1) is 35.3. The highest BCUT2D eigenvalue weighted by Gasteiger charge is 2.42. The lowest BCUT2D eigenvalue weighted by Crippen LogP contribution is -2.57. The van der Waals surface area contributed by atoms with Crippen LogP contribution in [0, 0.1) is 5.41 Å². The summed E-state index contributed by atoms with van der Waals surface area (Å²) in [5, 5.41) is 12.6. The number of amides is 3. The van der Waals surface area contributed by atoms with Gasteiger partial charge in [-0.3, -0.25) is 19.5 Å². The molecule has 2 atom stereocenters. The molecule has 14 nitrogen and oxygen atoms in total. The number of hydrogen-bond acceptors (Lipinski definition) is 10. The number of aromatic nitrogens is 3. The normalized spacial score (nSPS) is 17.4. The summed E-state index contributed by atoms with van der Waals surface area (Å²) in [5.41, 5.74) is 2.45. The first-order valence-electron chi connectivity index (χ1n) is 16.5. The van der Waals surface area contributed by atoms with Gasteiger partial charge in [0.15, 0.2) is 0 Å². The van der Waals surface area contributed by atoms with Crippen LogP contribution in [-0.4, -0.2) is 102 Å². The zero-order valence-corrected chi connectivity index (χ0v) is 28.7. The molecule has 0 spiro atoms. The van der Waals surface area contributed by atoms with E-state index in [1.807, 2.05) is 32.9 Å². The van der Waals surface area contributed by atoms with Crippen molar-refractivity contribution in [3.8, 4) is 17.1 Å². The van der Waals surface area contributed by atoms with Gasteiger partial charge in [-0.15, -0.1) is 0 Å². The van der Waals surface area contributed by atoms with Gasteiger partial charge in [-0.25, -0.2) is 9.78 Å². The molecule has 3 amide bonds. The van der Waals surface area contributed by atoms with E-state index in [0.29, 0.717) is 68.1 Å². The number of rotatable bonds is 11. The molecule has 3 N–H and O–H groups in total. The summed E-state index contributed by atoms with van der Waals surface area (Å²) in [4.78, 5) is 59.9. The molecule has 49 heavy (non-hydrogen) atoms. The van der Waals surface area contributed by atoms with Crippen molar-refractivity contribution in [3.05, 3.63) is 54.4 Å². The maximum atomic E-state index is 13.5. The molecule has 0 aliphatic carbocycles. The number of esters is 1. The van der Waals surface area contributed by atoms with Gasteiger partial charge in [0.25, 0.3) is 5.91 Å². The average Bonchev–Trinajstić information content (AvgIpc) is 3.83. The molecule has 0 radical (unpaired) electrons. The Morgan fingerprint density at radius 1 is 1.02 bits per heavy atom. The molecule has 14 heteroatoms. The third-order valence-corrected chi connectivity index (χ3v) is 8.88. The predicted octanol–water partition coefficient (Wildman–Crippen LogP) is 3.41. The van der Waals surface area contributed by atoms with Crippen molar-refractivity contribution in [3.63, 3.8) is 0 Å². The van der Waals surface area contributed by atoms with Crippen molar-refractivity contribution in [1.29, 1.82) is 0 Å². The van der Waals surface area contributed by atoms with Crippen molar-refractivity contribution in [2.45, 2.75) is 64.6 Å². The van der Waals surface area contributed by atoms with Gasteiger partial charge < -0.3 is 34.6 Å². The minimum atomic E-state index is -0.818. The molecular weight excluding hydrogens is 630 g/mol. The van der Waals surface area contributed by atoms with E-state index in [1.165, 1.54) is 12.0 Å². The molecule has 0 unspecified atom stereocenters. The number of ether oxygens (including phenoxy) is 3. The number of aromatic amines is 1. The SMILES string of the molecule is COC(=O)[C@@H]1CCCN1C(=O)[C@@H](NC(=O)COC1CCN(c2ccc(NC(=O)c3cccc(-c4ccn[nH]4)n3)c(OC)c2)CC1)C(C)(C)C. The number of piperidine rings is 1. The van der Waals surface area contributed by atoms with Gasteiger partial charge in [-0.1, -0.05) is 26.8 Å². The lowest BCUT2D eigenvalue weighted by molar-refractivity contribution is -0.153. The first-order valence-corrected chi connectivity index (χ1v) is 16.5.